The minimum absolute atomic E-state index is 0.378. The Morgan fingerprint density at radius 1 is 1.21 bits per heavy atom. The number of hydrogen-bond acceptors (Lipinski definition) is 5. The van der Waals surface area contributed by atoms with Crippen molar-refractivity contribution in [3.05, 3.63) is 30.2 Å². The smallest absolute Gasteiger partial charge is 0.143 e. The van der Waals surface area contributed by atoms with E-state index in [9.17, 15) is 0 Å². The van der Waals surface area contributed by atoms with Crippen molar-refractivity contribution < 1.29 is 4.74 Å². The molecule has 0 aromatic carbocycles. The number of nitrogens with two attached hydrogens (primary N) is 1. The van der Waals surface area contributed by atoms with Crippen LogP contribution in [0.1, 0.15) is 5.69 Å². The lowest BCUT2D eigenvalue weighted by atomic mass is 10.2. The lowest BCUT2D eigenvalue weighted by Gasteiger charge is -2.16. The number of anilines is 1. The number of fused-ring (bicyclic) bond motifs is 3. The summed E-state index contributed by atoms with van der Waals surface area (Å²) in [5, 5.41) is 10.9. The Kier molecular flexibility index (Phi) is 4.26. The molecule has 0 atom stereocenters. The number of pyridine rings is 2. The van der Waals surface area contributed by atoms with Crippen molar-refractivity contribution in [2.24, 2.45) is 0 Å². The van der Waals surface area contributed by atoms with Crippen LogP contribution in [0, 0.1) is 11.3 Å². The van der Waals surface area contributed by atoms with Crippen LogP contribution in [-0.2, 0) is 11.5 Å². The first-order valence-electron chi connectivity index (χ1n) is 7.90. The van der Waals surface area contributed by atoms with Gasteiger partial charge in [-0.15, -0.1) is 0 Å². The van der Waals surface area contributed by atoms with Crippen molar-refractivity contribution >= 4 is 35.7 Å². The topological polar surface area (TPSA) is 89.8 Å². The fourth-order valence-corrected chi connectivity index (χ4v) is 3.36. The van der Waals surface area contributed by atoms with Crippen LogP contribution < -0.4 is 5.73 Å². The van der Waals surface area contributed by atoms with E-state index in [2.05, 4.69) is 35.7 Å². The molecule has 0 aliphatic carbocycles. The summed E-state index contributed by atoms with van der Waals surface area (Å²) in [5.74, 6) is 0. The zero-order chi connectivity index (χ0) is 17.3. The molecule has 3 heterocycles. The van der Waals surface area contributed by atoms with Gasteiger partial charge in [0, 0.05) is 25.5 Å². The van der Waals surface area contributed by atoms with Gasteiger partial charge in [-0.25, -0.2) is 9.97 Å². The Bertz CT molecular complexity index is 936. The average Bonchev–Trinajstić information content (AvgIpc) is 2.83. The van der Waals surface area contributed by atoms with Gasteiger partial charge < -0.3 is 10.5 Å². The second kappa shape index (κ2) is 6.22. The van der Waals surface area contributed by atoms with Gasteiger partial charge >= 0.3 is 0 Å². The molecule has 3 aromatic rings. The summed E-state index contributed by atoms with van der Waals surface area (Å²) in [4.78, 5) is 8.64. The highest BCUT2D eigenvalue weighted by Crippen LogP contribution is 2.29. The van der Waals surface area contributed by atoms with E-state index in [-0.39, 0.29) is 0 Å². The van der Waals surface area contributed by atoms with E-state index < -0.39 is 8.07 Å². The van der Waals surface area contributed by atoms with Gasteiger partial charge in [-0.3, -0.25) is 4.57 Å². The fraction of sp³-hybridized carbons (Fsp3) is 0.353. The van der Waals surface area contributed by atoms with E-state index in [1.165, 1.54) is 0 Å². The number of rotatable bonds is 5. The molecule has 124 valence electrons. The van der Waals surface area contributed by atoms with E-state index in [1.807, 2.05) is 10.6 Å². The second-order valence-electron chi connectivity index (χ2n) is 7.11. The van der Waals surface area contributed by atoms with Crippen molar-refractivity contribution in [3.8, 4) is 6.07 Å². The van der Waals surface area contributed by atoms with Crippen molar-refractivity contribution in [3.63, 3.8) is 0 Å². The molecular weight excluding hydrogens is 318 g/mol. The quantitative estimate of drug-likeness (QED) is 0.568. The predicted molar refractivity (Wildman–Crippen MR) is 98.3 cm³/mol. The Balaban J connectivity index is 2.00. The first kappa shape index (κ1) is 16.4. The summed E-state index contributed by atoms with van der Waals surface area (Å²) < 4.78 is 7.88. The van der Waals surface area contributed by atoms with Gasteiger partial charge in [0.05, 0.1) is 23.6 Å². The first-order valence-corrected chi connectivity index (χ1v) is 11.6. The minimum Gasteiger partial charge on any atom is -0.397 e. The van der Waals surface area contributed by atoms with Crippen LogP contribution in [0.5, 0.6) is 0 Å². The van der Waals surface area contributed by atoms with Gasteiger partial charge in [-0.2, -0.15) is 5.26 Å². The molecule has 0 aliphatic heterocycles. The Morgan fingerprint density at radius 2 is 2.00 bits per heavy atom. The number of hydrogen-bond donors (Lipinski definition) is 1. The molecular formula is C17H21N5OSi. The van der Waals surface area contributed by atoms with Crippen LogP contribution in [0.4, 0.5) is 5.69 Å². The Hall–Kier alpha value is -2.43. The van der Waals surface area contributed by atoms with Gasteiger partial charge in [0.15, 0.2) is 0 Å². The molecule has 3 aromatic heterocycles. The molecule has 24 heavy (non-hydrogen) atoms. The number of nitrogens with zero attached hydrogens (tertiary/aromatic N) is 4. The highest BCUT2D eigenvalue weighted by Gasteiger charge is 2.15. The third-order valence-electron chi connectivity index (χ3n) is 3.94. The maximum atomic E-state index is 9.10. The third kappa shape index (κ3) is 3.25. The molecule has 3 rings (SSSR count). The predicted octanol–water partition coefficient (Wildman–Crippen LogP) is 3.35. The van der Waals surface area contributed by atoms with Crippen LogP contribution in [0.3, 0.4) is 0 Å². The maximum absolute atomic E-state index is 9.10. The van der Waals surface area contributed by atoms with E-state index in [4.69, 9.17) is 15.7 Å². The standard InChI is InChI=1S/C17H21N5OSi/c1-24(2,3)5-4-23-11-22-16-10-20-13(8-18)7-14(16)15-6-12(19)9-21-17(15)22/h6-7,9-10H,4-5,11,19H2,1-3H3. The second-order valence-corrected chi connectivity index (χ2v) is 12.7. The van der Waals surface area contributed by atoms with E-state index in [0.717, 1.165) is 34.6 Å². The summed E-state index contributed by atoms with van der Waals surface area (Å²) >= 11 is 0. The largest absolute Gasteiger partial charge is 0.397 e. The number of ether oxygens (including phenoxy) is 1. The van der Waals surface area contributed by atoms with Crippen LogP contribution >= 0.6 is 0 Å². The SMILES string of the molecule is C[Si](C)(C)CCOCn1c2cnc(C#N)cc2c2cc(N)cnc21. The number of aromatic nitrogens is 3. The molecule has 0 bridgehead atoms. The van der Waals surface area contributed by atoms with Crippen molar-refractivity contribution in [2.75, 3.05) is 12.3 Å². The molecule has 6 nitrogen and oxygen atoms in total. The van der Waals surface area contributed by atoms with Gasteiger partial charge in [0.1, 0.15) is 24.1 Å². The van der Waals surface area contributed by atoms with Crippen molar-refractivity contribution in [1.29, 1.82) is 5.26 Å². The van der Waals surface area contributed by atoms with Gasteiger partial charge in [-0.05, 0) is 18.2 Å². The maximum Gasteiger partial charge on any atom is 0.143 e. The van der Waals surface area contributed by atoms with Gasteiger partial charge in [-0.1, -0.05) is 19.6 Å². The first-order chi connectivity index (χ1) is 11.4. The monoisotopic (exact) mass is 339 g/mol. The summed E-state index contributed by atoms with van der Waals surface area (Å²) in [6.45, 7) is 8.13. The van der Waals surface area contributed by atoms with Crippen LogP contribution in [0.15, 0.2) is 24.5 Å². The average molecular weight is 339 g/mol. The fourth-order valence-electron chi connectivity index (χ4n) is 2.61. The molecule has 0 saturated heterocycles. The number of nitrogen functional groups attached to an aromatic ring is 1. The van der Waals surface area contributed by atoms with E-state index >= 15 is 0 Å². The third-order valence-corrected chi connectivity index (χ3v) is 5.64. The lowest BCUT2D eigenvalue weighted by molar-refractivity contribution is 0.0925. The van der Waals surface area contributed by atoms with E-state index in [0.29, 0.717) is 18.1 Å². The molecule has 0 amide bonds. The molecule has 0 spiro atoms. The lowest BCUT2D eigenvalue weighted by Crippen LogP contribution is -2.22. The molecule has 0 saturated carbocycles. The summed E-state index contributed by atoms with van der Waals surface area (Å²) in [5.41, 5.74) is 8.55. The van der Waals surface area contributed by atoms with Crippen LogP contribution in [0.25, 0.3) is 21.9 Å². The molecule has 0 radical (unpaired) electrons. The highest BCUT2D eigenvalue weighted by atomic mass is 28.3. The van der Waals surface area contributed by atoms with Crippen LogP contribution in [0.2, 0.25) is 25.7 Å². The minimum atomic E-state index is -1.12. The van der Waals surface area contributed by atoms with Crippen molar-refractivity contribution in [2.45, 2.75) is 32.4 Å². The van der Waals surface area contributed by atoms with Gasteiger partial charge in [0.2, 0.25) is 0 Å². The molecule has 2 N–H and O–H groups in total. The molecule has 0 aliphatic rings. The molecule has 0 fully saturated rings. The summed E-state index contributed by atoms with van der Waals surface area (Å²) in [7, 11) is -1.12. The molecule has 7 heteroatoms. The Labute approximate surface area is 141 Å². The normalized spacial score (nSPS) is 11.9. The zero-order valence-corrected chi connectivity index (χ0v) is 15.2. The van der Waals surface area contributed by atoms with Gasteiger partial charge in [0.25, 0.3) is 0 Å². The summed E-state index contributed by atoms with van der Waals surface area (Å²) in [6.07, 6.45) is 3.34. The summed E-state index contributed by atoms with van der Waals surface area (Å²) in [6, 6.07) is 6.84. The van der Waals surface area contributed by atoms with Crippen molar-refractivity contribution in [1.82, 2.24) is 14.5 Å². The number of nitriles is 1. The van der Waals surface area contributed by atoms with Crippen LogP contribution in [-0.4, -0.2) is 29.2 Å². The zero-order valence-electron chi connectivity index (χ0n) is 14.2. The highest BCUT2D eigenvalue weighted by molar-refractivity contribution is 6.76. The van der Waals surface area contributed by atoms with E-state index in [1.54, 1.807) is 18.5 Å². The Morgan fingerprint density at radius 3 is 2.71 bits per heavy atom. The molecule has 0 unspecified atom stereocenters.